The molecule has 1 atom stereocenters. The van der Waals surface area contributed by atoms with Gasteiger partial charge in [-0.05, 0) is 70.6 Å². The van der Waals surface area contributed by atoms with Gasteiger partial charge in [0.1, 0.15) is 11.4 Å². The highest BCUT2D eigenvalue weighted by molar-refractivity contribution is 5.94. The molecule has 30 heavy (non-hydrogen) atoms. The Balaban J connectivity index is 1.76. The Morgan fingerprint density at radius 1 is 1.20 bits per heavy atom. The monoisotopic (exact) mass is 408 g/mol. The minimum atomic E-state index is -0.128. The highest BCUT2D eigenvalue weighted by Gasteiger charge is 2.20. The maximum absolute atomic E-state index is 13.1. The van der Waals surface area contributed by atoms with Gasteiger partial charge in [0.05, 0.1) is 12.0 Å². The molecule has 0 saturated heterocycles. The maximum atomic E-state index is 13.1. The van der Waals surface area contributed by atoms with Gasteiger partial charge in [0.2, 0.25) is 0 Å². The molecule has 0 spiro atoms. The van der Waals surface area contributed by atoms with Gasteiger partial charge in [-0.15, -0.1) is 0 Å². The van der Waals surface area contributed by atoms with Gasteiger partial charge in [-0.1, -0.05) is 31.5 Å². The molecule has 1 aromatic carbocycles. The SMILES string of the molecule is CCN(CC)CCC[C@@H](C)NC(=O)c1cc(-c2ccco2)nn1-c1ccc(C)cc1. The van der Waals surface area contributed by atoms with Gasteiger partial charge in [-0.2, -0.15) is 5.10 Å². The summed E-state index contributed by atoms with van der Waals surface area (Å²) in [5.41, 5.74) is 3.14. The Kier molecular flexibility index (Phi) is 7.46. The lowest BCUT2D eigenvalue weighted by Gasteiger charge is -2.20. The van der Waals surface area contributed by atoms with Crippen molar-refractivity contribution < 1.29 is 9.21 Å². The van der Waals surface area contributed by atoms with Gasteiger partial charge < -0.3 is 14.6 Å². The molecule has 0 unspecified atom stereocenters. The summed E-state index contributed by atoms with van der Waals surface area (Å²) in [6.45, 7) is 11.6. The first-order valence-electron chi connectivity index (χ1n) is 10.8. The predicted molar refractivity (Wildman–Crippen MR) is 120 cm³/mol. The number of amides is 1. The minimum Gasteiger partial charge on any atom is -0.463 e. The number of aromatic nitrogens is 2. The molecule has 6 nitrogen and oxygen atoms in total. The van der Waals surface area contributed by atoms with Crippen LogP contribution in [0.3, 0.4) is 0 Å². The first-order valence-corrected chi connectivity index (χ1v) is 10.8. The van der Waals surface area contributed by atoms with Crippen LogP contribution in [-0.4, -0.2) is 46.3 Å². The molecule has 0 saturated carbocycles. The smallest absolute Gasteiger partial charge is 0.270 e. The van der Waals surface area contributed by atoms with Crippen LogP contribution in [0.4, 0.5) is 0 Å². The Morgan fingerprint density at radius 3 is 2.57 bits per heavy atom. The Hall–Kier alpha value is -2.86. The van der Waals surface area contributed by atoms with Crippen LogP contribution in [0.15, 0.2) is 53.1 Å². The van der Waals surface area contributed by atoms with E-state index in [0.29, 0.717) is 17.1 Å². The predicted octanol–water partition coefficient (Wildman–Crippen LogP) is 4.68. The average molecular weight is 409 g/mol. The summed E-state index contributed by atoms with van der Waals surface area (Å²) in [6.07, 6.45) is 3.60. The molecular weight excluding hydrogens is 376 g/mol. The first-order chi connectivity index (χ1) is 14.5. The summed E-state index contributed by atoms with van der Waals surface area (Å²) in [7, 11) is 0. The fourth-order valence-corrected chi connectivity index (χ4v) is 3.50. The molecule has 0 aliphatic carbocycles. The summed E-state index contributed by atoms with van der Waals surface area (Å²) in [5.74, 6) is 0.512. The van der Waals surface area contributed by atoms with Crippen molar-refractivity contribution in [2.75, 3.05) is 19.6 Å². The molecule has 2 heterocycles. The number of hydrogen-bond donors (Lipinski definition) is 1. The van der Waals surface area contributed by atoms with Crippen molar-refractivity contribution in [2.24, 2.45) is 0 Å². The standard InChI is InChI=1S/C24H32N4O2/c1-5-27(6-2)15-7-9-19(4)25-24(29)22-17-21(23-10-8-16-30-23)26-28(22)20-13-11-18(3)12-14-20/h8,10-14,16-17,19H,5-7,9,15H2,1-4H3,(H,25,29)/t19-/m1/s1. The number of benzene rings is 1. The van der Waals surface area contributed by atoms with Crippen molar-refractivity contribution in [3.8, 4) is 17.1 Å². The lowest BCUT2D eigenvalue weighted by Crippen LogP contribution is -2.34. The van der Waals surface area contributed by atoms with E-state index in [1.54, 1.807) is 17.0 Å². The van der Waals surface area contributed by atoms with Crippen molar-refractivity contribution >= 4 is 5.91 Å². The molecule has 1 N–H and O–H groups in total. The van der Waals surface area contributed by atoms with Crippen LogP contribution in [0.1, 0.15) is 49.7 Å². The molecule has 0 aliphatic rings. The van der Waals surface area contributed by atoms with Crippen LogP contribution in [0.5, 0.6) is 0 Å². The fourth-order valence-electron chi connectivity index (χ4n) is 3.50. The van der Waals surface area contributed by atoms with E-state index in [-0.39, 0.29) is 11.9 Å². The first kappa shape index (κ1) is 21.8. The molecule has 0 radical (unpaired) electrons. The van der Waals surface area contributed by atoms with Crippen LogP contribution in [0.25, 0.3) is 17.1 Å². The molecule has 160 valence electrons. The van der Waals surface area contributed by atoms with Crippen LogP contribution < -0.4 is 5.32 Å². The second-order valence-electron chi connectivity index (χ2n) is 7.68. The van der Waals surface area contributed by atoms with Crippen molar-refractivity contribution in [3.05, 3.63) is 60.0 Å². The highest BCUT2D eigenvalue weighted by Crippen LogP contribution is 2.22. The second-order valence-corrected chi connectivity index (χ2v) is 7.68. The second kappa shape index (κ2) is 10.3. The normalized spacial score (nSPS) is 12.3. The van der Waals surface area contributed by atoms with Gasteiger partial charge in [-0.3, -0.25) is 4.79 Å². The Labute approximate surface area is 178 Å². The van der Waals surface area contributed by atoms with E-state index in [0.717, 1.165) is 43.7 Å². The van der Waals surface area contributed by atoms with Crippen molar-refractivity contribution in [3.63, 3.8) is 0 Å². The zero-order chi connectivity index (χ0) is 21.5. The van der Waals surface area contributed by atoms with E-state index >= 15 is 0 Å². The third-order valence-corrected chi connectivity index (χ3v) is 5.38. The molecule has 0 fully saturated rings. The maximum Gasteiger partial charge on any atom is 0.270 e. The summed E-state index contributed by atoms with van der Waals surface area (Å²) in [5, 5.41) is 7.78. The van der Waals surface area contributed by atoms with E-state index < -0.39 is 0 Å². The summed E-state index contributed by atoms with van der Waals surface area (Å²) >= 11 is 0. The van der Waals surface area contributed by atoms with Crippen molar-refractivity contribution in [2.45, 2.75) is 46.6 Å². The molecule has 1 amide bonds. The van der Waals surface area contributed by atoms with Gasteiger partial charge in [0.25, 0.3) is 5.91 Å². The highest BCUT2D eigenvalue weighted by atomic mass is 16.3. The van der Waals surface area contributed by atoms with Crippen LogP contribution >= 0.6 is 0 Å². The zero-order valence-electron chi connectivity index (χ0n) is 18.4. The molecule has 0 aliphatic heterocycles. The van der Waals surface area contributed by atoms with Gasteiger partial charge in [0.15, 0.2) is 5.76 Å². The number of nitrogens with one attached hydrogen (secondary N) is 1. The minimum absolute atomic E-state index is 0.0847. The lowest BCUT2D eigenvalue weighted by molar-refractivity contribution is 0.0929. The fraction of sp³-hybridized carbons (Fsp3) is 0.417. The molecule has 2 aromatic heterocycles. The summed E-state index contributed by atoms with van der Waals surface area (Å²) < 4.78 is 7.18. The molecule has 3 rings (SSSR count). The van der Waals surface area contributed by atoms with E-state index in [1.165, 1.54) is 0 Å². The number of nitrogens with zero attached hydrogens (tertiary/aromatic N) is 3. The van der Waals surface area contributed by atoms with E-state index in [1.807, 2.05) is 43.3 Å². The van der Waals surface area contributed by atoms with Crippen molar-refractivity contribution in [1.82, 2.24) is 20.0 Å². The zero-order valence-corrected chi connectivity index (χ0v) is 18.4. The van der Waals surface area contributed by atoms with Crippen LogP contribution in [-0.2, 0) is 0 Å². The topological polar surface area (TPSA) is 63.3 Å². The van der Waals surface area contributed by atoms with Gasteiger partial charge in [-0.25, -0.2) is 4.68 Å². The molecule has 3 aromatic rings. The third kappa shape index (κ3) is 5.39. The number of aryl methyl sites for hydroxylation is 1. The van der Waals surface area contributed by atoms with Gasteiger partial charge >= 0.3 is 0 Å². The van der Waals surface area contributed by atoms with Crippen LogP contribution in [0.2, 0.25) is 0 Å². The molecule has 6 heteroatoms. The van der Waals surface area contributed by atoms with E-state index in [2.05, 4.69) is 36.1 Å². The Morgan fingerprint density at radius 2 is 1.93 bits per heavy atom. The largest absolute Gasteiger partial charge is 0.463 e. The van der Waals surface area contributed by atoms with E-state index in [4.69, 9.17) is 4.42 Å². The quantitative estimate of drug-likeness (QED) is 0.529. The third-order valence-electron chi connectivity index (χ3n) is 5.38. The average Bonchev–Trinajstić information content (AvgIpc) is 3.41. The Bertz CT molecular complexity index is 925. The number of hydrogen-bond acceptors (Lipinski definition) is 4. The van der Waals surface area contributed by atoms with Crippen LogP contribution in [0, 0.1) is 6.92 Å². The molecular formula is C24H32N4O2. The molecule has 0 bridgehead atoms. The summed E-state index contributed by atoms with van der Waals surface area (Å²) in [4.78, 5) is 15.5. The van der Waals surface area contributed by atoms with Gasteiger partial charge in [0, 0.05) is 12.1 Å². The number of rotatable bonds is 10. The number of carbonyl (C=O) groups is 1. The summed E-state index contributed by atoms with van der Waals surface area (Å²) in [6, 6.07) is 13.5. The van der Waals surface area contributed by atoms with E-state index in [9.17, 15) is 4.79 Å². The lowest BCUT2D eigenvalue weighted by atomic mass is 10.1. The number of carbonyl (C=O) groups excluding carboxylic acids is 1. The van der Waals surface area contributed by atoms with Crippen molar-refractivity contribution in [1.29, 1.82) is 0 Å². The number of furan rings is 1.